The molecule has 3 heteroatoms. The summed E-state index contributed by atoms with van der Waals surface area (Å²) in [6.07, 6.45) is 5.02. The largest absolute Gasteiger partial charge is 0.311 e. The summed E-state index contributed by atoms with van der Waals surface area (Å²) in [5.74, 6) is 0. The fourth-order valence-electron chi connectivity index (χ4n) is 2.84. The number of nitrogens with one attached hydrogen (secondary N) is 1. The molecule has 0 radical (unpaired) electrons. The minimum Gasteiger partial charge on any atom is -0.311 e. The van der Waals surface area contributed by atoms with E-state index in [2.05, 4.69) is 64.4 Å². The molecule has 1 fully saturated rings. The zero-order chi connectivity index (χ0) is 13.7. The van der Waals surface area contributed by atoms with E-state index in [1.165, 1.54) is 37.9 Å². The Morgan fingerprint density at radius 1 is 1.26 bits per heavy atom. The monoisotopic (exact) mass is 324 g/mol. The summed E-state index contributed by atoms with van der Waals surface area (Å²) >= 11 is 3.49. The van der Waals surface area contributed by atoms with E-state index in [4.69, 9.17) is 0 Å². The van der Waals surface area contributed by atoms with Crippen LogP contribution in [0.5, 0.6) is 0 Å². The fourth-order valence-corrected chi connectivity index (χ4v) is 3.11. The van der Waals surface area contributed by atoms with E-state index in [9.17, 15) is 0 Å². The summed E-state index contributed by atoms with van der Waals surface area (Å²) < 4.78 is 1.16. The summed E-state index contributed by atoms with van der Waals surface area (Å²) in [7, 11) is 2.23. The average molecular weight is 325 g/mol. The second kappa shape index (κ2) is 7.41. The molecule has 0 spiro atoms. The van der Waals surface area contributed by atoms with Crippen LogP contribution in [0.3, 0.4) is 0 Å². The number of nitrogens with zero attached hydrogens (tertiary/aromatic N) is 1. The number of hydrogen-bond donors (Lipinski definition) is 1. The molecule has 1 N–H and O–H groups in total. The van der Waals surface area contributed by atoms with Crippen LogP contribution in [0.15, 0.2) is 28.7 Å². The third-order valence-electron chi connectivity index (χ3n) is 3.93. The lowest BCUT2D eigenvalue weighted by molar-refractivity contribution is 0.339. The van der Waals surface area contributed by atoms with Crippen LogP contribution in [0.2, 0.25) is 0 Å². The Morgan fingerprint density at radius 2 is 2.00 bits per heavy atom. The molecule has 2 rings (SSSR count). The molecule has 1 saturated heterocycles. The van der Waals surface area contributed by atoms with Gasteiger partial charge in [-0.15, -0.1) is 0 Å². The molecule has 1 aromatic carbocycles. The highest BCUT2D eigenvalue weighted by Crippen LogP contribution is 2.14. The first kappa shape index (κ1) is 15.0. The fraction of sp³-hybridized carbons (Fsp3) is 0.625. The van der Waals surface area contributed by atoms with Crippen LogP contribution in [-0.2, 0) is 6.42 Å². The highest BCUT2D eigenvalue weighted by Gasteiger charge is 2.16. The number of halogens is 1. The van der Waals surface area contributed by atoms with E-state index in [1.54, 1.807) is 0 Å². The average Bonchev–Trinajstić information content (AvgIpc) is 2.57. The smallest absolute Gasteiger partial charge is 0.0175 e. The van der Waals surface area contributed by atoms with Crippen LogP contribution >= 0.6 is 15.9 Å². The van der Waals surface area contributed by atoms with E-state index in [-0.39, 0.29) is 0 Å². The van der Waals surface area contributed by atoms with Gasteiger partial charge in [0.15, 0.2) is 0 Å². The van der Waals surface area contributed by atoms with Gasteiger partial charge in [-0.3, -0.25) is 0 Å². The molecule has 2 nitrogen and oxygen atoms in total. The molecule has 2 atom stereocenters. The molecule has 1 aromatic rings. The number of hydrogen-bond acceptors (Lipinski definition) is 2. The summed E-state index contributed by atoms with van der Waals surface area (Å²) in [5, 5.41) is 3.80. The Kier molecular flexibility index (Phi) is 5.86. The number of rotatable bonds is 4. The van der Waals surface area contributed by atoms with Gasteiger partial charge in [0.05, 0.1) is 0 Å². The van der Waals surface area contributed by atoms with E-state index in [0.717, 1.165) is 10.9 Å². The Bertz CT molecular complexity index is 377. The lowest BCUT2D eigenvalue weighted by atomic mass is 10.0. The maximum absolute atomic E-state index is 3.80. The maximum Gasteiger partial charge on any atom is 0.0175 e. The van der Waals surface area contributed by atoms with Crippen molar-refractivity contribution in [3.05, 3.63) is 34.3 Å². The van der Waals surface area contributed by atoms with Crippen molar-refractivity contribution < 1.29 is 0 Å². The quantitative estimate of drug-likeness (QED) is 0.912. The van der Waals surface area contributed by atoms with Gasteiger partial charge in [-0.1, -0.05) is 28.1 Å². The molecule has 1 aliphatic heterocycles. The molecule has 0 bridgehead atoms. The van der Waals surface area contributed by atoms with E-state index < -0.39 is 0 Å². The zero-order valence-corrected chi connectivity index (χ0v) is 13.6. The number of benzene rings is 1. The molecule has 2 unspecified atom stereocenters. The van der Waals surface area contributed by atoms with Crippen LogP contribution in [-0.4, -0.2) is 37.1 Å². The van der Waals surface area contributed by atoms with E-state index >= 15 is 0 Å². The van der Waals surface area contributed by atoms with Crippen molar-refractivity contribution in [2.75, 3.05) is 20.1 Å². The summed E-state index contributed by atoms with van der Waals surface area (Å²) in [6, 6.07) is 9.92. The lowest BCUT2D eigenvalue weighted by Crippen LogP contribution is -2.38. The van der Waals surface area contributed by atoms with Gasteiger partial charge in [0, 0.05) is 16.6 Å². The Morgan fingerprint density at radius 3 is 2.74 bits per heavy atom. The molecular formula is C16H25BrN2. The molecule has 0 aliphatic carbocycles. The molecule has 0 aromatic heterocycles. The summed E-state index contributed by atoms with van der Waals surface area (Å²) in [6.45, 7) is 4.78. The predicted octanol–water partition coefficient (Wildman–Crippen LogP) is 3.45. The zero-order valence-electron chi connectivity index (χ0n) is 12.0. The highest BCUT2D eigenvalue weighted by molar-refractivity contribution is 9.10. The van der Waals surface area contributed by atoms with Crippen molar-refractivity contribution in [2.45, 2.75) is 44.7 Å². The van der Waals surface area contributed by atoms with Crippen molar-refractivity contribution >= 4 is 15.9 Å². The lowest BCUT2D eigenvalue weighted by Gasteiger charge is -2.22. The Balaban J connectivity index is 1.80. The molecule has 0 saturated carbocycles. The first-order valence-electron chi connectivity index (χ1n) is 7.32. The van der Waals surface area contributed by atoms with Crippen LogP contribution in [0.4, 0.5) is 0 Å². The van der Waals surface area contributed by atoms with Crippen LogP contribution in [0.1, 0.15) is 31.7 Å². The third kappa shape index (κ3) is 5.25. The van der Waals surface area contributed by atoms with E-state index in [0.29, 0.717) is 12.1 Å². The minimum atomic E-state index is 0.551. The molecular weight excluding hydrogens is 300 g/mol. The second-order valence-electron chi connectivity index (χ2n) is 5.83. The van der Waals surface area contributed by atoms with Gasteiger partial charge >= 0.3 is 0 Å². The summed E-state index contributed by atoms with van der Waals surface area (Å²) in [4.78, 5) is 2.45. The van der Waals surface area contributed by atoms with Crippen molar-refractivity contribution in [2.24, 2.45) is 0 Å². The van der Waals surface area contributed by atoms with Crippen molar-refractivity contribution in [3.63, 3.8) is 0 Å². The molecule has 19 heavy (non-hydrogen) atoms. The van der Waals surface area contributed by atoms with Crippen LogP contribution in [0.25, 0.3) is 0 Å². The molecule has 1 heterocycles. The first-order chi connectivity index (χ1) is 9.13. The molecule has 106 valence electrons. The van der Waals surface area contributed by atoms with Gasteiger partial charge < -0.3 is 10.2 Å². The Hall–Kier alpha value is -0.380. The third-order valence-corrected chi connectivity index (χ3v) is 4.46. The Labute approximate surface area is 125 Å². The predicted molar refractivity (Wildman–Crippen MR) is 85.6 cm³/mol. The van der Waals surface area contributed by atoms with Gasteiger partial charge in [-0.2, -0.15) is 0 Å². The summed E-state index contributed by atoms with van der Waals surface area (Å²) in [5.41, 5.74) is 1.41. The van der Waals surface area contributed by atoms with Crippen molar-refractivity contribution in [1.82, 2.24) is 10.2 Å². The second-order valence-corrected chi connectivity index (χ2v) is 6.75. The van der Waals surface area contributed by atoms with Crippen LogP contribution in [0, 0.1) is 0 Å². The van der Waals surface area contributed by atoms with Crippen molar-refractivity contribution in [1.29, 1.82) is 0 Å². The van der Waals surface area contributed by atoms with Crippen molar-refractivity contribution in [3.8, 4) is 0 Å². The van der Waals surface area contributed by atoms with E-state index in [1.807, 2.05) is 0 Å². The van der Waals surface area contributed by atoms with Gasteiger partial charge in [0.25, 0.3) is 0 Å². The molecule has 0 amide bonds. The standard InChI is InChI=1S/C16H25BrN2/c1-13(12-14-5-7-15(17)8-6-14)18-16-4-3-10-19(2)11-9-16/h5-8,13,16,18H,3-4,9-12H2,1-2H3. The SMILES string of the molecule is CC(Cc1ccc(Br)cc1)NC1CCCN(C)CC1. The minimum absolute atomic E-state index is 0.551. The van der Waals surface area contributed by atoms with Gasteiger partial charge in [-0.05, 0) is 70.4 Å². The normalized spacial score (nSPS) is 23.0. The van der Waals surface area contributed by atoms with Crippen LogP contribution < -0.4 is 5.32 Å². The van der Waals surface area contributed by atoms with Gasteiger partial charge in [-0.25, -0.2) is 0 Å². The first-order valence-corrected chi connectivity index (χ1v) is 8.12. The maximum atomic E-state index is 3.80. The van der Waals surface area contributed by atoms with Gasteiger partial charge in [0.2, 0.25) is 0 Å². The van der Waals surface area contributed by atoms with Gasteiger partial charge in [0.1, 0.15) is 0 Å². The topological polar surface area (TPSA) is 15.3 Å². The number of likely N-dealkylation sites (tertiary alicyclic amines) is 1. The highest BCUT2D eigenvalue weighted by atomic mass is 79.9. The molecule has 1 aliphatic rings.